The molecule has 0 aromatic heterocycles. The van der Waals surface area contributed by atoms with Crippen LogP contribution in [0.4, 0.5) is 8.78 Å². The summed E-state index contributed by atoms with van der Waals surface area (Å²) in [6.07, 6.45) is 0. The Hall–Kier alpha value is -0.180. The fraction of sp³-hybridized carbons (Fsp3) is 1.00. The molecular weight excluding hydrogens is 136 g/mol. The smallest absolute Gasteiger partial charge is 0.256 e. The molecule has 0 fully saturated rings. The van der Waals surface area contributed by atoms with E-state index in [1.807, 2.05) is 0 Å². The van der Waals surface area contributed by atoms with Crippen molar-refractivity contribution >= 4 is 0 Å². The van der Waals surface area contributed by atoms with Crippen LogP contribution in [0.15, 0.2) is 0 Å². The minimum atomic E-state index is -2.73. The van der Waals surface area contributed by atoms with Gasteiger partial charge in [-0.1, -0.05) is 13.8 Å². The second-order valence-corrected chi connectivity index (χ2v) is 3.08. The molecule has 0 aromatic rings. The minimum Gasteiger partial charge on any atom is -0.256 e. The first-order chi connectivity index (χ1) is 4.36. The Kier molecular flexibility index (Phi) is 3.22. The molecule has 1 nitrogen and oxygen atoms in total. The number of hydrogen-bond donors (Lipinski definition) is 1. The summed E-state index contributed by atoms with van der Waals surface area (Å²) in [5.41, 5.74) is 0. The standard InChI is InChI=1S/C7H15F2N/c1-5(2)7(8,9)10-6(3)4/h5-6,10H,1-4H3. The van der Waals surface area contributed by atoms with E-state index in [0.29, 0.717) is 0 Å². The molecule has 0 heterocycles. The summed E-state index contributed by atoms with van der Waals surface area (Å²) in [6.45, 7) is 6.40. The van der Waals surface area contributed by atoms with Gasteiger partial charge in [0.1, 0.15) is 0 Å². The van der Waals surface area contributed by atoms with Gasteiger partial charge in [0.25, 0.3) is 0 Å². The minimum absolute atomic E-state index is 0.169. The third-order valence-electron chi connectivity index (χ3n) is 1.21. The lowest BCUT2D eigenvalue weighted by atomic mass is 10.1. The second-order valence-electron chi connectivity index (χ2n) is 3.08. The first-order valence-electron chi connectivity index (χ1n) is 3.51. The Morgan fingerprint density at radius 3 is 1.60 bits per heavy atom. The Bertz CT molecular complexity index is 99.8. The molecule has 0 aliphatic carbocycles. The van der Waals surface area contributed by atoms with Crippen molar-refractivity contribution in [3.8, 4) is 0 Å². The summed E-state index contributed by atoms with van der Waals surface area (Å²) in [5, 5.41) is 2.19. The van der Waals surface area contributed by atoms with E-state index in [1.165, 1.54) is 13.8 Å². The van der Waals surface area contributed by atoms with E-state index in [9.17, 15) is 8.78 Å². The largest absolute Gasteiger partial charge is 0.304 e. The van der Waals surface area contributed by atoms with Crippen LogP contribution >= 0.6 is 0 Å². The zero-order valence-electron chi connectivity index (χ0n) is 6.91. The normalized spacial score (nSPS) is 13.2. The van der Waals surface area contributed by atoms with Crippen molar-refractivity contribution in [2.24, 2.45) is 5.92 Å². The van der Waals surface area contributed by atoms with Crippen LogP contribution in [0.1, 0.15) is 27.7 Å². The SMILES string of the molecule is CC(C)NC(F)(F)C(C)C. The summed E-state index contributed by atoms with van der Waals surface area (Å²) in [5.74, 6) is -0.644. The molecule has 10 heavy (non-hydrogen) atoms. The zero-order chi connectivity index (χ0) is 8.36. The second kappa shape index (κ2) is 3.28. The van der Waals surface area contributed by atoms with E-state index in [2.05, 4.69) is 5.32 Å². The Balaban J connectivity index is 3.87. The van der Waals surface area contributed by atoms with Crippen molar-refractivity contribution < 1.29 is 8.78 Å². The topological polar surface area (TPSA) is 12.0 Å². The van der Waals surface area contributed by atoms with Gasteiger partial charge in [0.05, 0.1) is 0 Å². The first kappa shape index (κ1) is 9.82. The highest BCUT2D eigenvalue weighted by atomic mass is 19.3. The molecule has 0 spiro atoms. The molecule has 1 N–H and O–H groups in total. The monoisotopic (exact) mass is 151 g/mol. The van der Waals surface area contributed by atoms with Gasteiger partial charge >= 0.3 is 6.05 Å². The predicted octanol–water partition coefficient (Wildman–Crippen LogP) is 2.23. The molecule has 0 radical (unpaired) electrons. The maximum absolute atomic E-state index is 12.7. The Morgan fingerprint density at radius 2 is 1.50 bits per heavy atom. The average molecular weight is 151 g/mol. The quantitative estimate of drug-likeness (QED) is 0.610. The van der Waals surface area contributed by atoms with Crippen molar-refractivity contribution in [1.82, 2.24) is 5.32 Å². The molecule has 3 heteroatoms. The maximum Gasteiger partial charge on any atom is 0.304 e. The van der Waals surface area contributed by atoms with Gasteiger partial charge in [-0.2, -0.15) is 8.78 Å². The third kappa shape index (κ3) is 3.11. The summed E-state index contributed by atoms with van der Waals surface area (Å²) < 4.78 is 25.4. The molecule has 0 aliphatic rings. The molecular formula is C7H15F2N. The summed E-state index contributed by atoms with van der Waals surface area (Å²) in [4.78, 5) is 0. The van der Waals surface area contributed by atoms with Crippen LogP contribution in [-0.4, -0.2) is 12.1 Å². The van der Waals surface area contributed by atoms with Gasteiger partial charge in [-0.05, 0) is 13.8 Å². The van der Waals surface area contributed by atoms with Crippen molar-refractivity contribution in [2.75, 3.05) is 0 Å². The highest BCUT2D eigenvalue weighted by Crippen LogP contribution is 2.20. The molecule has 0 rings (SSSR count). The molecule has 62 valence electrons. The van der Waals surface area contributed by atoms with Gasteiger partial charge in [0, 0.05) is 12.0 Å². The van der Waals surface area contributed by atoms with Crippen LogP contribution in [0.2, 0.25) is 0 Å². The van der Waals surface area contributed by atoms with Gasteiger partial charge in [0.2, 0.25) is 0 Å². The first-order valence-corrected chi connectivity index (χ1v) is 3.51. The lowest BCUT2D eigenvalue weighted by Gasteiger charge is -2.23. The van der Waals surface area contributed by atoms with E-state index in [-0.39, 0.29) is 6.04 Å². The summed E-state index contributed by atoms with van der Waals surface area (Å²) >= 11 is 0. The summed E-state index contributed by atoms with van der Waals surface area (Å²) in [7, 11) is 0. The predicted molar refractivity (Wildman–Crippen MR) is 38.1 cm³/mol. The molecule has 0 amide bonds. The maximum atomic E-state index is 12.7. The van der Waals surface area contributed by atoms with Crippen molar-refractivity contribution in [1.29, 1.82) is 0 Å². The molecule has 0 atom stereocenters. The van der Waals surface area contributed by atoms with Crippen molar-refractivity contribution in [3.63, 3.8) is 0 Å². The molecule has 0 aromatic carbocycles. The fourth-order valence-corrected chi connectivity index (χ4v) is 0.552. The van der Waals surface area contributed by atoms with Crippen LogP contribution in [-0.2, 0) is 0 Å². The van der Waals surface area contributed by atoms with Gasteiger partial charge in [-0.25, -0.2) is 0 Å². The van der Waals surface area contributed by atoms with Crippen molar-refractivity contribution in [2.45, 2.75) is 39.8 Å². The molecule has 0 saturated heterocycles. The Morgan fingerprint density at radius 1 is 1.10 bits per heavy atom. The van der Waals surface area contributed by atoms with Gasteiger partial charge in [-0.3, -0.25) is 5.32 Å². The van der Waals surface area contributed by atoms with E-state index in [0.717, 1.165) is 0 Å². The summed E-state index contributed by atoms with van der Waals surface area (Å²) in [6, 6.07) is -2.90. The number of hydrogen-bond acceptors (Lipinski definition) is 1. The highest BCUT2D eigenvalue weighted by Gasteiger charge is 2.32. The average Bonchev–Trinajstić information content (AvgIpc) is 1.60. The number of nitrogens with one attached hydrogen (secondary N) is 1. The van der Waals surface area contributed by atoms with Crippen LogP contribution in [0.3, 0.4) is 0 Å². The van der Waals surface area contributed by atoms with Crippen LogP contribution < -0.4 is 5.32 Å². The fourth-order valence-electron chi connectivity index (χ4n) is 0.552. The van der Waals surface area contributed by atoms with E-state index < -0.39 is 12.0 Å². The lowest BCUT2D eigenvalue weighted by molar-refractivity contribution is -0.0831. The van der Waals surface area contributed by atoms with Gasteiger partial charge < -0.3 is 0 Å². The number of alkyl halides is 2. The molecule has 0 bridgehead atoms. The third-order valence-corrected chi connectivity index (χ3v) is 1.21. The van der Waals surface area contributed by atoms with E-state index in [4.69, 9.17) is 0 Å². The van der Waals surface area contributed by atoms with E-state index in [1.54, 1.807) is 13.8 Å². The molecule has 0 aliphatic heterocycles. The van der Waals surface area contributed by atoms with Crippen molar-refractivity contribution in [3.05, 3.63) is 0 Å². The zero-order valence-corrected chi connectivity index (χ0v) is 6.91. The van der Waals surface area contributed by atoms with Crippen LogP contribution in [0.5, 0.6) is 0 Å². The Labute approximate surface area is 60.8 Å². The number of halogens is 2. The molecule has 0 saturated carbocycles. The van der Waals surface area contributed by atoms with Crippen LogP contribution in [0.25, 0.3) is 0 Å². The lowest BCUT2D eigenvalue weighted by Crippen LogP contribution is -2.45. The van der Waals surface area contributed by atoms with E-state index >= 15 is 0 Å². The number of rotatable bonds is 3. The molecule has 0 unspecified atom stereocenters. The van der Waals surface area contributed by atoms with Gasteiger partial charge in [0.15, 0.2) is 0 Å². The highest BCUT2D eigenvalue weighted by molar-refractivity contribution is 4.69. The van der Waals surface area contributed by atoms with Gasteiger partial charge in [-0.15, -0.1) is 0 Å². The van der Waals surface area contributed by atoms with Crippen LogP contribution in [0, 0.1) is 5.92 Å².